The van der Waals surface area contributed by atoms with Crippen LogP contribution in [0.3, 0.4) is 0 Å². The monoisotopic (exact) mass is 474 g/mol. The minimum atomic E-state index is -0.922. The van der Waals surface area contributed by atoms with Gasteiger partial charge in [0.2, 0.25) is 5.91 Å². The highest BCUT2D eigenvalue weighted by Crippen LogP contribution is 2.45. The van der Waals surface area contributed by atoms with Crippen LogP contribution in [0.25, 0.3) is 20.8 Å². The zero-order valence-electron chi connectivity index (χ0n) is 18.1. The Morgan fingerprint density at radius 3 is 2.91 bits per heavy atom. The number of carbonyl (C=O) groups is 2. The van der Waals surface area contributed by atoms with Gasteiger partial charge in [-0.05, 0) is 36.6 Å². The van der Waals surface area contributed by atoms with Crippen molar-refractivity contribution in [1.82, 2.24) is 15.2 Å². The standard InChI is InChI=1S/C22H26N4O4S2/c1-13-3-4-16-15(11-13)24-20(31-16)19-14-6-9-26(22(28)29)12-17(14)32-21(19)25-18(27)5-7-23-8-10-30-2/h3-4,11,23H,5-10,12H2,1-2H3,(H,25,27)(H,28,29). The van der Waals surface area contributed by atoms with Crippen molar-refractivity contribution >= 4 is 49.9 Å². The number of aryl methyl sites for hydroxylation is 1. The van der Waals surface area contributed by atoms with Crippen LogP contribution in [0.4, 0.5) is 9.80 Å². The van der Waals surface area contributed by atoms with Gasteiger partial charge in [0.15, 0.2) is 0 Å². The fourth-order valence-corrected chi connectivity index (χ4v) is 6.09. The summed E-state index contributed by atoms with van der Waals surface area (Å²) >= 11 is 3.06. The molecule has 32 heavy (non-hydrogen) atoms. The number of carboxylic acid groups (broad SMARTS) is 1. The summed E-state index contributed by atoms with van der Waals surface area (Å²) in [6.45, 7) is 4.66. The molecule has 1 aliphatic rings. The second-order valence-electron chi connectivity index (χ2n) is 7.69. The molecule has 2 amide bonds. The van der Waals surface area contributed by atoms with Gasteiger partial charge in [-0.3, -0.25) is 4.79 Å². The number of nitrogens with one attached hydrogen (secondary N) is 2. The summed E-state index contributed by atoms with van der Waals surface area (Å²) < 4.78 is 6.09. The van der Waals surface area contributed by atoms with Crippen molar-refractivity contribution in [3.63, 3.8) is 0 Å². The van der Waals surface area contributed by atoms with E-state index in [0.717, 1.165) is 41.8 Å². The predicted molar refractivity (Wildman–Crippen MR) is 128 cm³/mol. The highest BCUT2D eigenvalue weighted by molar-refractivity contribution is 7.23. The van der Waals surface area contributed by atoms with Crippen LogP contribution in [0.15, 0.2) is 18.2 Å². The first-order valence-corrected chi connectivity index (χ1v) is 12.1. The first-order chi connectivity index (χ1) is 15.5. The van der Waals surface area contributed by atoms with E-state index in [1.807, 2.05) is 6.92 Å². The molecule has 3 heterocycles. The Kier molecular flexibility index (Phi) is 7.04. The lowest BCUT2D eigenvalue weighted by Crippen LogP contribution is -2.34. The van der Waals surface area contributed by atoms with Crippen LogP contribution in [0.1, 0.15) is 22.4 Å². The minimum absolute atomic E-state index is 0.0817. The number of thiophene rings is 1. The smallest absolute Gasteiger partial charge is 0.407 e. The Morgan fingerprint density at radius 2 is 2.12 bits per heavy atom. The number of rotatable bonds is 8. The average molecular weight is 475 g/mol. The molecule has 0 unspecified atom stereocenters. The van der Waals surface area contributed by atoms with Gasteiger partial charge in [-0.15, -0.1) is 22.7 Å². The molecular formula is C22H26N4O4S2. The lowest BCUT2D eigenvalue weighted by Gasteiger charge is -2.24. The van der Waals surface area contributed by atoms with Crippen LogP contribution in [-0.2, 0) is 22.5 Å². The number of hydrogen-bond donors (Lipinski definition) is 3. The Bertz CT molecular complexity index is 1140. The van der Waals surface area contributed by atoms with Crippen molar-refractivity contribution in [2.45, 2.75) is 26.3 Å². The molecule has 0 aliphatic carbocycles. The molecule has 3 aromatic rings. The van der Waals surface area contributed by atoms with Crippen LogP contribution in [0, 0.1) is 6.92 Å². The molecule has 0 bridgehead atoms. The van der Waals surface area contributed by atoms with Crippen LogP contribution >= 0.6 is 22.7 Å². The summed E-state index contributed by atoms with van der Waals surface area (Å²) in [7, 11) is 1.64. The van der Waals surface area contributed by atoms with Crippen LogP contribution < -0.4 is 10.6 Å². The zero-order valence-corrected chi connectivity index (χ0v) is 19.7. The van der Waals surface area contributed by atoms with Gasteiger partial charge in [0.25, 0.3) is 0 Å². The van der Waals surface area contributed by atoms with Gasteiger partial charge in [0.05, 0.1) is 23.4 Å². The molecule has 0 atom stereocenters. The summed E-state index contributed by atoms with van der Waals surface area (Å²) in [4.78, 5) is 31.4. The van der Waals surface area contributed by atoms with Crippen molar-refractivity contribution in [3.8, 4) is 10.6 Å². The summed E-state index contributed by atoms with van der Waals surface area (Å²) in [6, 6.07) is 6.20. The molecule has 0 spiro atoms. The third kappa shape index (κ3) is 4.93. The van der Waals surface area contributed by atoms with E-state index in [2.05, 4.69) is 28.8 Å². The number of benzene rings is 1. The highest BCUT2D eigenvalue weighted by Gasteiger charge is 2.29. The van der Waals surface area contributed by atoms with Crippen LogP contribution in [0.5, 0.6) is 0 Å². The zero-order chi connectivity index (χ0) is 22.7. The third-order valence-corrected chi connectivity index (χ3v) is 7.54. The molecule has 2 aromatic heterocycles. The van der Waals surface area contributed by atoms with E-state index in [4.69, 9.17) is 9.72 Å². The number of ether oxygens (including phenoxy) is 1. The number of methoxy groups -OCH3 is 1. The van der Waals surface area contributed by atoms with Gasteiger partial charge < -0.3 is 25.4 Å². The number of nitrogens with zero attached hydrogens (tertiary/aromatic N) is 2. The molecule has 170 valence electrons. The Hall–Kier alpha value is -2.53. The van der Waals surface area contributed by atoms with E-state index < -0.39 is 6.09 Å². The topological polar surface area (TPSA) is 104 Å². The van der Waals surface area contributed by atoms with Crippen molar-refractivity contribution in [1.29, 1.82) is 0 Å². The molecular weight excluding hydrogens is 448 g/mol. The molecule has 4 rings (SSSR count). The highest BCUT2D eigenvalue weighted by atomic mass is 32.1. The van der Waals surface area contributed by atoms with E-state index in [1.54, 1.807) is 18.4 Å². The average Bonchev–Trinajstić information content (AvgIpc) is 3.32. The maximum absolute atomic E-state index is 12.6. The second-order valence-corrected chi connectivity index (χ2v) is 9.83. The van der Waals surface area contributed by atoms with E-state index in [9.17, 15) is 14.7 Å². The Balaban J connectivity index is 1.63. The number of fused-ring (bicyclic) bond motifs is 2. The second kappa shape index (κ2) is 9.95. The minimum Gasteiger partial charge on any atom is -0.465 e. The van der Waals surface area contributed by atoms with E-state index in [0.29, 0.717) is 45.6 Å². The molecule has 8 nitrogen and oxygen atoms in total. The predicted octanol–water partition coefficient (Wildman–Crippen LogP) is 3.93. The summed E-state index contributed by atoms with van der Waals surface area (Å²) in [5, 5.41) is 17.3. The summed E-state index contributed by atoms with van der Waals surface area (Å²) in [5.74, 6) is -0.0817. The van der Waals surface area contributed by atoms with Crippen molar-refractivity contribution in [3.05, 3.63) is 34.2 Å². The normalized spacial score (nSPS) is 13.4. The van der Waals surface area contributed by atoms with Gasteiger partial charge in [-0.1, -0.05) is 6.07 Å². The lowest BCUT2D eigenvalue weighted by molar-refractivity contribution is -0.116. The third-order valence-electron chi connectivity index (χ3n) is 5.35. The summed E-state index contributed by atoms with van der Waals surface area (Å²) in [6.07, 6.45) is 0.0249. The van der Waals surface area contributed by atoms with Gasteiger partial charge in [-0.2, -0.15) is 0 Å². The van der Waals surface area contributed by atoms with Gasteiger partial charge >= 0.3 is 6.09 Å². The van der Waals surface area contributed by atoms with E-state index in [-0.39, 0.29) is 5.91 Å². The maximum atomic E-state index is 12.6. The van der Waals surface area contributed by atoms with Gasteiger partial charge in [0.1, 0.15) is 10.0 Å². The number of anilines is 1. The molecule has 3 N–H and O–H groups in total. The number of carbonyl (C=O) groups excluding carboxylic acids is 1. The Labute approximate surface area is 194 Å². The first kappa shape index (κ1) is 22.7. The van der Waals surface area contributed by atoms with Gasteiger partial charge in [0, 0.05) is 43.6 Å². The fraction of sp³-hybridized carbons (Fsp3) is 0.409. The molecule has 0 radical (unpaired) electrons. The molecule has 0 saturated heterocycles. The van der Waals surface area contributed by atoms with Crippen LogP contribution in [-0.4, -0.2) is 60.3 Å². The van der Waals surface area contributed by atoms with Crippen LogP contribution in [0.2, 0.25) is 0 Å². The number of aromatic nitrogens is 1. The van der Waals surface area contributed by atoms with Gasteiger partial charge in [-0.25, -0.2) is 9.78 Å². The van der Waals surface area contributed by atoms with Crippen molar-refractivity contribution < 1.29 is 19.4 Å². The SMILES string of the molecule is COCCNCCC(=O)Nc1sc2c(c1-c1nc3cc(C)ccc3s1)CCN(C(=O)O)C2. The molecule has 0 saturated carbocycles. The van der Waals surface area contributed by atoms with E-state index in [1.165, 1.54) is 16.2 Å². The summed E-state index contributed by atoms with van der Waals surface area (Å²) in [5.41, 5.74) is 4.12. The van der Waals surface area contributed by atoms with E-state index >= 15 is 0 Å². The molecule has 0 fully saturated rings. The lowest BCUT2D eigenvalue weighted by atomic mass is 10.0. The maximum Gasteiger partial charge on any atom is 0.407 e. The fourth-order valence-electron chi connectivity index (χ4n) is 3.72. The molecule has 1 aliphatic heterocycles. The van der Waals surface area contributed by atoms with Crippen molar-refractivity contribution in [2.24, 2.45) is 0 Å². The number of hydrogen-bond acceptors (Lipinski definition) is 7. The number of thiazole rings is 1. The first-order valence-electron chi connectivity index (χ1n) is 10.5. The van der Waals surface area contributed by atoms with Crippen molar-refractivity contribution in [2.75, 3.05) is 38.7 Å². The quantitative estimate of drug-likeness (QED) is 0.428. The number of amides is 2. The molecule has 10 heteroatoms. The molecule has 1 aromatic carbocycles. The largest absolute Gasteiger partial charge is 0.465 e. The Morgan fingerprint density at radius 1 is 1.28 bits per heavy atom.